The van der Waals surface area contributed by atoms with Gasteiger partial charge in [0.2, 0.25) is 5.91 Å². The predicted molar refractivity (Wildman–Crippen MR) is 74.2 cm³/mol. The van der Waals surface area contributed by atoms with Gasteiger partial charge in [-0.2, -0.15) is 13.2 Å². The van der Waals surface area contributed by atoms with Crippen molar-refractivity contribution in [3.05, 3.63) is 30.3 Å². The lowest BCUT2D eigenvalue weighted by Crippen LogP contribution is -2.51. The minimum atomic E-state index is -4.29. The summed E-state index contributed by atoms with van der Waals surface area (Å²) in [6, 6.07) is 9.85. The van der Waals surface area contributed by atoms with Crippen LogP contribution in [0.25, 0.3) is 0 Å². The topological polar surface area (TPSA) is 35.6 Å². The number of carbonyl (C=O) groups is 1. The van der Waals surface area contributed by atoms with Gasteiger partial charge in [-0.3, -0.25) is 4.79 Å². The van der Waals surface area contributed by atoms with Gasteiger partial charge in [0.05, 0.1) is 13.1 Å². The van der Waals surface area contributed by atoms with Crippen LogP contribution in [0.3, 0.4) is 0 Å². The van der Waals surface area contributed by atoms with Crippen molar-refractivity contribution in [2.24, 2.45) is 0 Å². The van der Waals surface area contributed by atoms with E-state index >= 15 is 0 Å². The summed E-state index contributed by atoms with van der Waals surface area (Å²) in [5.74, 6) is -0.285. The van der Waals surface area contributed by atoms with E-state index < -0.39 is 12.7 Å². The first-order valence-corrected chi connectivity index (χ1v) is 6.81. The molecule has 1 aliphatic rings. The van der Waals surface area contributed by atoms with Crippen molar-refractivity contribution in [3.8, 4) is 0 Å². The van der Waals surface area contributed by atoms with Crippen LogP contribution in [0.15, 0.2) is 30.3 Å². The van der Waals surface area contributed by atoms with Crippen LogP contribution in [0.1, 0.15) is 0 Å². The molecule has 1 N–H and O–H groups in total. The second-order valence-electron chi connectivity index (χ2n) is 4.92. The monoisotopic (exact) mass is 301 g/mol. The number of nitrogens with zero attached hydrogens (tertiary/aromatic N) is 2. The predicted octanol–water partition coefficient (Wildman–Crippen LogP) is 1.49. The van der Waals surface area contributed by atoms with Gasteiger partial charge in [0.1, 0.15) is 0 Å². The molecule has 0 bridgehead atoms. The average Bonchev–Trinajstić information content (AvgIpc) is 2.47. The molecule has 116 valence electrons. The molecule has 0 aromatic heterocycles. The maximum Gasteiger partial charge on any atom is 0.401 e. The Kier molecular flexibility index (Phi) is 5.06. The number of hydrogen-bond donors (Lipinski definition) is 1. The third kappa shape index (κ3) is 4.93. The van der Waals surface area contributed by atoms with Crippen molar-refractivity contribution in [2.75, 3.05) is 44.2 Å². The molecule has 0 spiro atoms. The molecule has 21 heavy (non-hydrogen) atoms. The summed E-state index contributed by atoms with van der Waals surface area (Å²) in [6.07, 6.45) is -4.29. The molecule has 1 aromatic rings. The number of hydrogen-bond acceptors (Lipinski definition) is 3. The smallest absolute Gasteiger partial charge is 0.368 e. The minimum absolute atomic E-state index is 0.273. The highest BCUT2D eigenvalue weighted by molar-refractivity contribution is 5.78. The van der Waals surface area contributed by atoms with Crippen LogP contribution >= 0.6 is 0 Å². The van der Waals surface area contributed by atoms with E-state index in [0.717, 1.165) is 5.69 Å². The minimum Gasteiger partial charge on any atom is -0.368 e. The Hall–Kier alpha value is -1.76. The summed E-state index contributed by atoms with van der Waals surface area (Å²) in [4.78, 5) is 15.6. The second-order valence-corrected chi connectivity index (χ2v) is 4.92. The van der Waals surface area contributed by atoms with E-state index in [4.69, 9.17) is 0 Å². The summed E-state index contributed by atoms with van der Waals surface area (Å²) in [6.45, 7) is 1.03. The molecular formula is C14H18F3N3O. The number of amides is 1. The largest absolute Gasteiger partial charge is 0.401 e. The van der Waals surface area contributed by atoms with Crippen molar-refractivity contribution in [2.45, 2.75) is 6.18 Å². The summed E-state index contributed by atoms with van der Waals surface area (Å²) in [5, 5.41) is 2.14. The van der Waals surface area contributed by atoms with Gasteiger partial charge >= 0.3 is 6.18 Å². The maximum atomic E-state index is 12.0. The zero-order valence-corrected chi connectivity index (χ0v) is 11.6. The number of anilines is 1. The molecule has 1 heterocycles. The Bertz CT molecular complexity index is 456. The van der Waals surface area contributed by atoms with Gasteiger partial charge in [-0.1, -0.05) is 18.2 Å². The molecule has 0 saturated carbocycles. The standard InChI is InChI=1S/C14H18F3N3O/c15-14(16,17)11-18-10-13(21)20-8-6-19(7-9-20)12-4-2-1-3-5-12/h1-5,18H,6-11H2. The molecular weight excluding hydrogens is 283 g/mol. The van der Waals surface area contributed by atoms with Crippen LogP contribution in [0, 0.1) is 0 Å². The van der Waals surface area contributed by atoms with E-state index in [-0.39, 0.29) is 12.5 Å². The number of halogens is 3. The summed E-state index contributed by atoms with van der Waals surface area (Å²) < 4.78 is 36.0. The number of benzene rings is 1. The molecule has 4 nitrogen and oxygen atoms in total. The van der Waals surface area contributed by atoms with Crippen molar-refractivity contribution < 1.29 is 18.0 Å². The SMILES string of the molecule is O=C(CNCC(F)(F)F)N1CCN(c2ccccc2)CC1. The number of carbonyl (C=O) groups excluding carboxylic acids is 1. The number of alkyl halides is 3. The Morgan fingerprint density at radius 1 is 1.10 bits per heavy atom. The lowest BCUT2D eigenvalue weighted by molar-refractivity contribution is -0.134. The number of rotatable bonds is 4. The zero-order valence-electron chi connectivity index (χ0n) is 11.6. The molecule has 1 aliphatic heterocycles. The number of nitrogens with one attached hydrogen (secondary N) is 1. The fraction of sp³-hybridized carbons (Fsp3) is 0.500. The zero-order chi connectivity index (χ0) is 15.3. The molecule has 1 fully saturated rings. The first kappa shape index (κ1) is 15.6. The lowest BCUT2D eigenvalue weighted by Gasteiger charge is -2.36. The number of para-hydroxylation sites is 1. The van der Waals surface area contributed by atoms with Gasteiger partial charge in [0, 0.05) is 31.9 Å². The van der Waals surface area contributed by atoms with E-state index in [1.807, 2.05) is 30.3 Å². The molecule has 1 aromatic carbocycles. The molecule has 2 rings (SSSR count). The van der Waals surface area contributed by atoms with Gasteiger partial charge < -0.3 is 15.1 Å². The van der Waals surface area contributed by atoms with E-state index in [9.17, 15) is 18.0 Å². The van der Waals surface area contributed by atoms with Crippen molar-refractivity contribution in [1.82, 2.24) is 10.2 Å². The average molecular weight is 301 g/mol. The van der Waals surface area contributed by atoms with E-state index in [1.54, 1.807) is 4.90 Å². The van der Waals surface area contributed by atoms with E-state index in [1.165, 1.54) is 0 Å². The Morgan fingerprint density at radius 2 is 1.71 bits per heavy atom. The maximum absolute atomic E-state index is 12.0. The summed E-state index contributed by atoms with van der Waals surface area (Å²) in [7, 11) is 0. The van der Waals surface area contributed by atoms with Crippen LogP contribution in [0.4, 0.5) is 18.9 Å². The first-order valence-electron chi connectivity index (χ1n) is 6.81. The molecule has 0 unspecified atom stereocenters. The molecule has 0 aliphatic carbocycles. The third-order valence-corrected chi connectivity index (χ3v) is 3.36. The number of piperazine rings is 1. The van der Waals surface area contributed by atoms with Gasteiger partial charge in [-0.15, -0.1) is 0 Å². The highest BCUT2D eigenvalue weighted by Crippen LogP contribution is 2.15. The van der Waals surface area contributed by atoms with Gasteiger partial charge in [-0.25, -0.2) is 0 Å². The van der Waals surface area contributed by atoms with Gasteiger partial charge in [0.15, 0.2) is 0 Å². The molecule has 1 amide bonds. The van der Waals surface area contributed by atoms with E-state index in [0.29, 0.717) is 26.2 Å². The first-order chi connectivity index (χ1) is 9.96. The Morgan fingerprint density at radius 3 is 2.29 bits per heavy atom. The highest BCUT2D eigenvalue weighted by Gasteiger charge is 2.27. The molecule has 0 radical (unpaired) electrons. The summed E-state index contributed by atoms with van der Waals surface area (Å²) in [5.41, 5.74) is 1.10. The van der Waals surface area contributed by atoms with Crippen LogP contribution in [0.2, 0.25) is 0 Å². The van der Waals surface area contributed by atoms with Crippen molar-refractivity contribution >= 4 is 11.6 Å². The third-order valence-electron chi connectivity index (χ3n) is 3.36. The van der Waals surface area contributed by atoms with Crippen LogP contribution < -0.4 is 10.2 Å². The highest BCUT2D eigenvalue weighted by atomic mass is 19.4. The van der Waals surface area contributed by atoms with E-state index in [2.05, 4.69) is 10.2 Å². The fourth-order valence-corrected chi connectivity index (χ4v) is 2.28. The quantitative estimate of drug-likeness (QED) is 0.915. The normalized spacial score (nSPS) is 16.1. The molecule has 1 saturated heterocycles. The Balaban J connectivity index is 1.75. The summed E-state index contributed by atoms with van der Waals surface area (Å²) >= 11 is 0. The van der Waals surface area contributed by atoms with Crippen molar-refractivity contribution in [1.29, 1.82) is 0 Å². The van der Waals surface area contributed by atoms with Crippen LogP contribution in [-0.2, 0) is 4.79 Å². The van der Waals surface area contributed by atoms with Crippen LogP contribution in [-0.4, -0.2) is 56.3 Å². The van der Waals surface area contributed by atoms with Crippen molar-refractivity contribution in [3.63, 3.8) is 0 Å². The second kappa shape index (κ2) is 6.80. The van der Waals surface area contributed by atoms with Gasteiger partial charge in [-0.05, 0) is 12.1 Å². The Labute approximate surface area is 121 Å². The lowest BCUT2D eigenvalue weighted by atomic mass is 10.2. The molecule has 7 heteroatoms. The van der Waals surface area contributed by atoms with Crippen LogP contribution in [0.5, 0.6) is 0 Å². The molecule has 0 atom stereocenters. The van der Waals surface area contributed by atoms with Gasteiger partial charge in [0.25, 0.3) is 0 Å². The fourth-order valence-electron chi connectivity index (χ4n) is 2.28.